The van der Waals surface area contributed by atoms with Crippen molar-refractivity contribution in [2.45, 2.75) is 26.0 Å². The SMILES string of the molecule is CCOc1ccccc1C(C)NCC(O)c1ccccc1. The lowest BCUT2D eigenvalue weighted by Crippen LogP contribution is -2.25. The van der Waals surface area contributed by atoms with E-state index in [2.05, 4.69) is 18.3 Å². The first-order chi connectivity index (χ1) is 10.2. The van der Waals surface area contributed by atoms with Crippen molar-refractivity contribution in [3.8, 4) is 5.75 Å². The zero-order valence-corrected chi connectivity index (χ0v) is 12.6. The van der Waals surface area contributed by atoms with Crippen LogP contribution in [0.4, 0.5) is 0 Å². The maximum Gasteiger partial charge on any atom is 0.124 e. The van der Waals surface area contributed by atoms with E-state index in [1.165, 1.54) is 0 Å². The minimum atomic E-state index is -0.507. The summed E-state index contributed by atoms with van der Waals surface area (Å²) >= 11 is 0. The molecule has 0 spiro atoms. The molecule has 0 fully saturated rings. The molecule has 0 aromatic heterocycles. The van der Waals surface area contributed by atoms with Crippen molar-refractivity contribution in [3.63, 3.8) is 0 Å². The molecule has 0 radical (unpaired) electrons. The highest BCUT2D eigenvalue weighted by molar-refractivity contribution is 5.35. The summed E-state index contributed by atoms with van der Waals surface area (Å²) < 4.78 is 5.65. The van der Waals surface area contributed by atoms with Gasteiger partial charge < -0.3 is 15.2 Å². The maximum absolute atomic E-state index is 10.2. The molecular formula is C18H23NO2. The third kappa shape index (κ3) is 4.31. The van der Waals surface area contributed by atoms with Crippen LogP contribution < -0.4 is 10.1 Å². The van der Waals surface area contributed by atoms with Crippen molar-refractivity contribution in [2.24, 2.45) is 0 Å². The lowest BCUT2D eigenvalue weighted by atomic mass is 10.1. The molecule has 2 aromatic carbocycles. The standard InChI is InChI=1S/C18H23NO2/c1-3-21-18-12-8-7-11-16(18)14(2)19-13-17(20)15-9-5-4-6-10-15/h4-12,14,17,19-20H,3,13H2,1-2H3. The molecule has 2 aromatic rings. The Bertz CT molecular complexity index is 542. The molecule has 0 amide bonds. The van der Waals surface area contributed by atoms with Crippen molar-refractivity contribution >= 4 is 0 Å². The molecule has 2 rings (SSSR count). The van der Waals surface area contributed by atoms with Crippen LogP contribution in [0.3, 0.4) is 0 Å². The van der Waals surface area contributed by atoms with E-state index in [0.29, 0.717) is 13.2 Å². The summed E-state index contributed by atoms with van der Waals surface area (Å²) in [7, 11) is 0. The highest BCUT2D eigenvalue weighted by Gasteiger charge is 2.13. The summed E-state index contributed by atoms with van der Waals surface area (Å²) in [5, 5.41) is 13.6. The van der Waals surface area contributed by atoms with Gasteiger partial charge in [-0.1, -0.05) is 48.5 Å². The van der Waals surface area contributed by atoms with Crippen LogP contribution in [0.5, 0.6) is 5.75 Å². The number of ether oxygens (including phenoxy) is 1. The number of para-hydroxylation sites is 1. The first kappa shape index (κ1) is 15.5. The summed E-state index contributed by atoms with van der Waals surface area (Å²) in [5.74, 6) is 0.897. The van der Waals surface area contributed by atoms with Crippen molar-refractivity contribution in [1.29, 1.82) is 0 Å². The minimum absolute atomic E-state index is 0.117. The first-order valence-electron chi connectivity index (χ1n) is 7.40. The van der Waals surface area contributed by atoms with Gasteiger partial charge in [0.15, 0.2) is 0 Å². The molecule has 112 valence electrons. The van der Waals surface area contributed by atoms with Crippen LogP contribution in [0.2, 0.25) is 0 Å². The van der Waals surface area contributed by atoms with E-state index in [9.17, 15) is 5.11 Å². The summed E-state index contributed by atoms with van der Waals surface area (Å²) in [4.78, 5) is 0. The van der Waals surface area contributed by atoms with Gasteiger partial charge in [-0.3, -0.25) is 0 Å². The topological polar surface area (TPSA) is 41.5 Å². The fourth-order valence-electron chi connectivity index (χ4n) is 2.32. The fraction of sp³-hybridized carbons (Fsp3) is 0.333. The van der Waals surface area contributed by atoms with Crippen LogP contribution in [-0.2, 0) is 0 Å². The molecule has 0 heterocycles. The highest BCUT2D eigenvalue weighted by Crippen LogP contribution is 2.25. The largest absolute Gasteiger partial charge is 0.494 e. The van der Waals surface area contributed by atoms with Crippen molar-refractivity contribution in [2.75, 3.05) is 13.2 Å². The van der Waals surface area contributed by atoms with Gasteiger partial charge in [-0.2, -0.15) is 0 Å². The second-order valence-corrected chi connectivity index (χ2v) is 5.03. The van der Waals surface area contributed by atoms with Gasteiger partial charge in [0.1, 0.15) is 5.75 Å². The normalized spacial score (nSPS) is 13.7. The van der Waals surface area contributed by atoms with Crippen molar-refractivity contribution in [1.82, 2.24) is 5.32 Å². The zero-order valence-electron chi connectivity index (χ0n) is 12.6. The molecular weight excluding hydrogens is 262 g/mol. The third-order valence-electron chi connectivity index (χ3n) is 3.49. The predicted molar refractivity (Wildman–Crippen MR) is 85.4 cm³/mol. The molecule has 2 atom stereocenters. The summed E-state index contributed by atoms with van der Waals surface area (Å²) in [6.07, 6.45) is -0.507. The fourth-order valence-corrected chi connectivity index (χ4v) is 2.32. The van der Waals surface area contributed by atoms with Gasteiger partial charge in [0, 0.05) is 18.2 Å². The smallest absolute Gasteiger partial charge is 0.124 e. The summed E-state index contributed by atoms with van der Waals surface area (Å²) in [5.41, 5.74) is 2.04. The molecule has 3 heteroatoms. The Morgan fingerprint density at radius 1 is 1.05 bits per heavy atom. The monoisotopic (exact) mass is 285 g/mol. The second-order valence-electron chi connectivity index (χ2n) is 5.03. The highest BCUT2D eigenvalue weighted by atomic mass is 16.5. The molecule has 0 saturated carbocycles. The average molecular weight is 285 g/mol. The minimum Gasteiger partial charge on any atom is -0.494 e. The number of nitrogens with one attached hydrogen (secondary N) is 1. The van der Waals surface area contributed by atoms with Crippen molar-refractivity contribution in [3.05, 3.63) is 65.7 Å². The predicted octanol–water partition coefficient (Wildman–Crippen LogP) is 3.47. The van der Waals surface area contributed by atoms with E-state index < -0.39 is 6.10 Å². The van der Waals surface area contributed by atoms with E-state index in [0.717, 1.165) is 16.9 Å². The lowest BCUT2D eigenvalue weighted by Gasteiger charge is -2.20. The van der Waals surface area contributed by atoms with Gasteiger partial charge in [0.25, 0.3) is 0 Å². The Labute approximate surface area is 126 Å². The number of aliphatic hydroxyl groups excluding tert-OH is 1. The van der Waals surface area contributed by atoms with E-state index in [4.69, 9.17) is 4.74 Å². The molecule has 0 aliphatic heterocycles. The Morgan fingerprint density at radius 3 is 2.43 bits per heavy atom. The quantitative estimate of drug-likeness (QED) is 0.818. The van der Waals surface area contributed by atoms with Gasteiger partial charge in [0.05, 0.1) is 12.7 Å². The summed E-state index contributed by atoms with van der Waals surface area (Å²) in [6, 6.07) is 17.8. The van der Waals surface area contributed by atoms with Gasteiger partial charge in [0.2, 0.25) is 0 Å². The van der Waals surface area contributed by atoms with E-state index in [1.54, 1.807) is 0 Å². The molecule has 0 aliphatic rings. The first-order valence-corrected chi connectivity index (χ1v) is 7.40. The Hall–Kier alpha value is -1.84. The Kier molecular flexibility index (Phi) is 5.78. The maximum atomic E-state index is 10.2. The van der Waals surface area contributed by atoms with Gasteiger partial charge in [-0.05, 0) is 25.5 Å². The number of benzene rings is 2. The number of aliphatic hydroxyl groups is 1. The Balaban J connectivity index is 1.97. The lowest BCUT2D eigenvalue weighted by molar-refractivity contribution is 0.170. The van der Waals surface area contributed by atoms with Crippen LogP contribution >= 0.6 is 0 Å². The number of rotatable bonds is 7. The van der Waals surface area contributed by atoms with E-state index >= 15 is 0 Å². The van der Waals surface area contributed by atoms with Crippen LogP contribution in [0, 0.1) is 0 Å². The molecule has 0 bridgehead atoms. The van der Waals surface area contributed by atoms with E-state index in [-0.39, 0.29) is 6.04 Å². The van der Waals surface area contributed by atoms with Gasteiger partial charge in [-0.25, -0.2) is 0 Å². The molecule has 0 aliphatic carbocycles. The molecule has 3 nitrogen and oxygen atoms in total. The average Bonchev–Trinajstić information content (AvgIpc) is 2.54. The molecule has 2 N–H and O–H groups in total. The summed E-state index contributed by atoms with van der Waals surface area (Å²) in [6.45, 7) is 5.21. The van der Waals surface area contributed by atoms with Crippen LogP contribution in [-0.4, -0.2) is 18.3 Å². The Morgan fingerprint density at radius 2 is 1.71 bits per heavy atom. The number of hydrogen-bond donors (Lipinski definition) is 2. The molecule has 21 heavy (non-hydrogen) atoms. The molecule has 0 saturated heterocycles. The molecule has 2 unspecified atom stereocenters. The van der Waals surface area contributed by atoms with Gasteiger partial charge >= 0.3 is 0 Å². The van der Waals surface area contributed by atoms with Crippen LogP contribution in [0.1, 0.15) is 37.1 Å². The zero-order chi connectivity index (χ0) is 15.1. The van der Waals surface area contributed by atoms with Crippen molar-refractivity contribution < 1.29 is 9.84 Å². The van der Waals surface area contributed by atoms with Gasteiger partial charge in [-0.15, -0.1) is 0 Å². The number of hydrogen-bond acceptors (Lipinski definition) is 3. The van der Waals surface area contributed by atoms with Crippen LogP contribution in [0.15, 0.2) is 54.6 Å². The van der Waals surface area contributed by atoms with E-state index in [1.807, 2.05) is 55.5 Å². The second kappa shape index (κ2) is 7.81. The van der Waals surface area contributed by atoms with Crippen LogP contribution in [0.25, 0.3) is 0 Å². The third-order valence-corrected chi connectivity index (χ3v) is 3.49.